The van der Waals surface area contributed by atoms with Crippen LogP contribution in [0.5, 0.6) is 0 Å². The van der Waals surface area contributed by atoms with E-state index < -0.39 is 16.1 Å². The lowest BCUT2D eigenvalue weighted by Gasteiger charge is -2.20. The number of hydrogen-bond acceptors (Lipinski definition) is 4. The predicted molar refractivity (Wildman–Crippen MR) is 93.5 cm³/mol. The highest BCUT2D eigenvalue weighted by molar-refractivity contribution is 7.89. The third-order valence-corrected chi connectivity index (χ3v) is 6.55. The van der Waals surface area contributed by atoms with Gasteiger partial charge in [-0.1, -0.05) is 12.8 Å². The number of carbonyl (C=O) groups excluding carboxylic acids is 2. The van der Waals surface area contributed by atoms with Crippen molar-refractivity contribution in [2.75, 3.05) is 18.4 Å². The second-order valence-electron chi connectivity index (χ2n) is 6.49. The highest BCUT2D eigenvalue weighted by atomic mass is 32.2. The molecular weight excluding hydrogens is 342 g/mol. The average molecular weight is 365 g/mol. The lowest BCUT2D eigenvalue weighted by Crippen LogP contribution is -2.37. The van der Waals surface area contributed by atoms with Crippen molar-refractivity contribution >= 4 is 27.5 Å². The molecule has 2 amide bonds. The third-order valence-electron chi connectivity index (χ3n) is 4.64. The normalized spacial score (nSPS) is 22.2. The maximum Gasteiger partial charge on any atom is 0.246 e. The summed E-state index contributed by atoms with van der Waals surface area (Å²) < 4.78 is 27.0. The number of nitrogens with zero attached hydrogens (tertiary/aromatic N) is 1. The zero-order valence-corrected chi connectivity index (χ0v) is 14.8. The van der Waals surface area contributed by atoms with E-state index in [0.717, 1.165) is 25.7 Å². The summed E-state index contributed by atoms with van der Waals surface area (Å²) in [6, 6.07) is 5.68. The van der Waals surface area contributed by atoms with Crippen molar-refractivity contribution < 1.29 is 18.0 Å². The summed E-state index contributed by atoms with van der Waals surface area (Å²) in [5.41, 5.74) is 0.515. The van der Waals surface area contributed by atoms with Gasteiger partial charge < -0.3 is 10.6 Å². The van der Waals surface area contributed by atoms with Gasteiger partial charge in [0.2, 0.25) is 21.8 Å². The van der Waals surface area contributed by atoms with Gasteiger partial charge in [0.25, 0.3) is 0 Å². The van der Waals surface area contributed by atoms with Gasteiger partial charge in [-0.2, -0.15) is 4.31 Å². The molecule has 2 N–H and O–H groups in total. The Morgan fingerprint density at radius 2 is 1.72 bits per heavy atom. The van der Waals surface area contributed by atoms with Crippen LogP contribution in [-0.4, -0.2) is 43.7 Å². The molecule has 2 saturated heterocycles. The molecule has 0 aliphatic carbocycles. The number of amides is 2. The lowest BCUT2D eigenvalue weighted by atomic mass is 10.2. The Morgan fingerprint density at radius 1 is 1.08 bits per heavy atom. The number of carbonyl (C=O) groups is 2. The van der Waals surface area contributed by atoms with E-state index in [2.05, 4.69) is 10.6 Å². The maximum absolute atomic E-state index is 12.7. The van der Waals surface area contributed by atoms with E-state index >= 15 is 0 Å². The maximum atomic E-state index is 12.7. The van der Waals surface area contributed by atoms with Gasteiger partial charge in [-0.15, -0.1) is 0 Å². The molecule has 0 radical (unpaired) electrons. The van der Waals surface area contributed by atoms with Crippen molar-refractivity contribution in [2.24, 2.45) is 0 Å². The third kappa shape index (κ3) is 4.19. The van der Waals surface area contributed by atoms with Crippen molar-refractivity contribution in [2.45, 2.75) is 49.5 Å². The molecule has 8 heteroatoms. The van der Waals surface area contributed by atoms with Crippen LogP contribution in [0.15, 0.2) is 29.2 Å². The van der Waals surface area contributed by atoms with Crippen molar-refractivity contribution in [1.29, 1.82) is 0 Å². The minimum atomic E-state index is -3.49. The van der Waals surface area contributed by atoms with Gasteiger partial charge >= 0.3 is 0 Å². The Hall–Kier alpha value is -1.93. The molecule has 136 valence electrons. The Balaban J connectivity index is 1.67. The van der Waals surface area contributed by atoms with E-state index in [1.165, 1.54) is 12.1 Å². The van der Waals surface area contributed by atoms with E-state index in [9.17, 15) is 18.0 Å². The molecule has 7 nitrogen and oxygen atoms in total. The molecule has 1 aromatic carbocycles. The van der Waals surface area contributed by atoms with Crippen LogP contribution in [0.1, 0.15) is 38.5 Å². The molecule has 25 heavy (non-hydrogen) atoms. The number of sulfonamides is 1. The summed E-state index contributed by atoms with van der Waals surface area (Å²) in [7, 11) is -3.49. The smallest absolute Gasteiger partial charge is 0.246 e. The minimum absolute atomic E-state index is 0.126. The van der Waals surface area contributed by atoms with E-state index in [-0.39, 0.29) is 16.7 Å². The molecule has 2 aliphatic rings. The van der Waals surface area contributed by atoms with Gasteiger partial charge in [-0.05, 0) is 43.5 Å². The van der Waals surface area contributed by atoms with Gasteiger partial charge in [0.1, 0.15) is 6.04 Å². The fourth-order valence-electron chi connectivity index (χ4n) is 3.18. The fraction of sp³-hybridized carbons (Fsp3) is 0.529. The van der Waals surface area contributed by atoms with E-state index in [0.29, 0.717) is 31.6 Å². The lowest BCUT2D eigenvalue weighted by molar-refractivity contribution is -0.122. The second-order valence-corrected chi connectivity index (χ2v) is 8.43. The summed E-state index contributed by atoms with van der Waals surface area (Å²) in [5.74, 6) is -0.409. The topological polar surface area (TPSA) is 95.6 Å². The Labute approximate surface area is 147 Å². The van der Waals surface area contributed by atoms with Crippen molar-refractivity contribution in [3.8, 4) is 0 Å². The molecule has 2 fully saturated rings. The highest BCUT2D eigenvalue weighted by Crippen LogP contribution is 2.22. The number of nitrogens with one attached hydrogen (secondary N) is 2. The van der Waals surface area contributed by atoms with Crippen LogP contribution in [0.4, 0.5) is 5.69 Å². The molecule has 0 aromatic heterocycles. The van der Waals surface area contributed by atoms with Crippen LogP contribution in [0.2, 0.25) is 0 Å². The average Bonchev–Trinajstić information content (AvgIpc) is 2.85. The quantitative estimate of drug-likeness (QED) is 0.844. The largest absolute Gasteiger partial charge is 0.344 e. The molecule has 2 aliphatic heterocycles. The summed E-state index contributed by atoms with van der Waals surface area (Å²) in [6.45, 7) is 1.12. The van der Waals surface area contributed by atoms with Crippen LogP contribution < -0.4 is 10.6 Å². The number of anilines is 1. The summed E-state index contributed by atoms with van der Waals surface area (Å²) >= 11 is 0. The number of rotatable bonds is 4. The van der Waals surface area contributed by atoms with Crippen molar-refractivity contribution in [3.63, 3.8) is 0 Å². The van der Waals surface area contributed by atoms with Crippen LogP contribution in [0.25, 0.3) is 0 Å². The number of hydrogen-bond donors (Lipinski definition) is 2. The van der Waals surface area contributed by atoms with Gasteiger partial charge in [0, 0.05) is 25.2 Å². The predicted octanol–water partition coefficient (Wildman–Crippen LogP) is 1.47. The van der Waals surface area contributed by atoms with Gasteiger partial charge in [0.15, 0.2) is 0 Å². The molecule has 0 spiro atoms. The van der Waals surface area contributed by atoms with Crippen LogP contribution in [0, 0.1) is 0 Å². The molecule has 0 bridgehead atoms. The molecule has 1 atom stereocenters. The monoisotopic (exact) mass is 365 g/mol. The first kappa shape index (κ1) is 17.9. The molecule has 2 heterocycles. The minimum Gasteiger partial charge on any atom is -0.344 e. The molecule has 3 rings (SSSR count). The van der Waals surface area contributed by atoms with Gasteiger partial charge in [-0.25, -0.2) is 8.42 Å². The second kappa shape index (κ2) is 7.53. The van der Waals surface area contributed by atoms with Crippen LogP contribution in [-0.2, 0) is 19.6 Å². The first-order chi connectivity index (χ1) is 12.0. The molecule has 0 saturated carbocycles. The Morgan fingerprint density at radius 3 is 2.28 bits per heavy atom. The number of benzene rings is 1. The SMILES string of the molecule is O=C1CCC(C(=O)Nc2ccc(S(=O)(=O)N3CCCCCC3)cc2)N1. The van der Waals surface area contributed by atoms with E-state index in [4.69, 9.17) is 0 Å². The van der Waals surface area contributed by atoms with Crippen molar-refractivity contribution in [1.82, 2.24) is 9.62 Å². The summed E-state index contributed by atoms with van der Waals surface area (Å²) in [6.07, 6.45) is 4.74. The Kier molecular flexibility index (Phi) is 5.39. The van der Waals surface area contributed by atoms with Crippen LogP contribution >= 0.6 is 0 Å². The van der Waals surface area contributed by atoms with E-state index in [1.54, 1.807) is 16.4 Å². The first-order valence-corrected chi connectivity index (χ1v) is 10.1. The summed E-state index contributed by atoms with van der Waals surface area (Å²) in [4.78, 5) is 23.5. The fourth-order valence-corrected chi connectivity index (χ4v) is 4.70. The van der Waals surface area contributed by atoms with Gasteiger partial charge in [0.05, 0.1) is 4.90 Å². The summed E-state index contributed by atoms with van der Waals surface area (Å²) in [5, 5.41) is 5.32. The Bertz CT molecular complexity index is 738. The molecular formula is C17H23N3O4S. The molecule has 1 unspecified atom stereocenters. The highest BCUT2D eigenvalue weighted by Gasteiger charge is 2.28. The zero-order chi connectivity index (χ0) is 17.9. The standard InChI is InChI=1S/C17H23N3O4S/c21-16-10-9-15(19-16)17(22)18-13-5-7-14(8-6-13)25(23,24)20-11-3-1-2-4-12-20/h5-8,15H,1-4,9-12H2,(H,18,22)(H,19,21). The molecule has 1 aromatic rings. The van der Waals surface area contributed by atoms with Gasteiger partial charge in [-0.3, -0.25) is 9.59 Å². The van der Waals surface area contributed by atoms with Crippen molar-refractivity contribution in [3.05, 3.63) is 24.3 Å². The van der Waals surface area contributed by atoms with Crippen LogP contribution in [0.3, 0.4) is 0 Å². The van der Waals surface area contributed by atoms with E-state index in [1.807, 2.05) is 0 Å². The zero-order valence-electron chi connectivity index (χ0n) is 14.0. The first-order valence-electron chi connectivity index (χ1n) is 8.67.